The molecule has 1 aliphatic rings. The van der Waals surface area contributed by atoms with Gasteiger partial charge in [-0.1, -0.05) is 54.1 Å². The second-order valence-electron chi connectivity index (χ2n) is 6.31. The van der Waals surface area contributed by atoms with Crippen LogP contribution < -0.4 is 4.74 Å². The Balaban J connectivity index is 1.72. The molecule has 0 atom stereocenters. The van der Waals surface area contributed by atoms with Gasteiger partial charge in [0, 0.05) is 11.1 Å². The molecule has 4 rings (SSSR count). The maximum absolute atomic E-state index is 12.3. The molecule has 3 aromatic rings. The van der Waals surface area contributed by atoms with Crippen molar-refractivity contribution in [3.05, 3.63) is 89.0 Å². The molecule has 3 aromatic carbocycles. The molecular formula is C23H18O3. The first-order chi connectivity index (χ1) is 12.6. The number of ether oxygens (including phenoxy) is 2. The van der Waals surface area contributed by atoms with Gasteiger partial charge in [0.15, 0.2) is 0 Å². The van der Waals surface area contributed by atoms with E-state index in [4.69, 9.17) is 9.47 Å². The molecule has 0 fully saturated rings. The Bertz CT molecular complexity index is 1070. The second kappa shape index (κ2) is 6.52. The Kier molecular flexibility index (Phi) is 4.05. The smallest absolute Gasteiger partial charge is 0.343 e. The molecule has 0 spiro atoms. The van der Waals surface area contributed by atoms with Crippen LogP contribution in [0.1, 0.15) is 16.7 Å². The zero-order valence-corrected chi connectivity index (χ0v) is 14.7. The predicted octanol–water partition coefficient (Wildman–Crippen LogP) is 5.14. The van der Waals surface area contributed by atoms with Crippen molar-refractivity contribution in [1.82, 2.24) is 0 Å². The molecule has 128 valence electrons. The van der Waals surface area contributed by atoms with E-state index in [9.17, 15) is 4.79 Å². The van der Waals surface area contributed by atoms with E-state index in [-0.39, 0.29) is 5.97 Å². The molecule has 3 heteroatoms. The van der Waals surface area contributed by atoms with Crippen molar-refractivity contribution in [3.8, 4) is 5.75 Å². The largest absolute Gasteiger partial charge is 0.496 e. The third-order valence-electron chi connectivity index (χ3n) is 4.46. The summed E-state index contributed by atoms with van der Waals surface area (Å²) in [6.45, 7) is 2.07. The molecular weight excluding hydrogens is 324 g/mol. The fourth-order valence-corrected chi connectivity index (χ4v) is 3.10. The average molecular weight is 342 g/mol. The van der Waals surface area contributed by atoms with Crippen LogP contribution in [0.5, 0.6) is 5.75 Å². The van der Waals surface area contributed by atoms with E-state index in [0.29, 0.717) is 11.3 Å². The molecule has 0 N–H and O–H groups in total. The van der Waals surface area contributed by atoms with Gasteiger partial charge in [-0.05, 0) is 42.0 Å². The lowest BCUT2D eigenvalue weighted by Gasteiger charge is -2.05. The molecule has 3 nitrogen and oxygen atoms in total. The van der Waals surface area contributed by atoms with Gasteiger partial charge in [0.2, 0.25) is 0 Å². The van der Waals surface area contributed by atoms with Crippen molar-refractivity contribution in [2.75, 3.05) is 7.11 Å². The molecule has 0 saturated carbocycles. The quantitative estimate of drug-likeness (QED) is 0.488. The monoisotopic (exact) mass is 342 g/mol. The number of hydrogen-bond acceptors (Lipinski definition) is 3. The molecule has 26 heavy (non-hydrogen) atoms. The van der Waals surface area contributed by atoms with Gasteiger partial charge in [-0.15, -0.1) is 0 Å². The molecule has 0 saturated heterocycles. The van der Waals surface area contributed by atoms with Crippen molar-refractivity contribution in [2.24, 2.45) is 0 Å². The van der Waals surface area contributed by atoms with E-state index in [2.05, 4.69) is 25.1 Å². The van der Waals surface area contributed by atoms with Crippen LogP contribution in [0.2, 0.25) is 0 Å². The first kappa shape index (κ1) is 16.2. The Morgan fingerprint density at radius 2 is 1.73 bits per heavy atom. The van der Waals surface area contributed by atoms with E-state index in [1.165, 1.54) is 10.9 Å². The topological polar surface area (TPSA) is 35.5 Å². The zero-order valence-electron chi connectivity index (χ0n) is 14.7. The average Bonchev–Trinajstić information content (AvgIpc) is 3.02. The van der Waals surface area contributed by atoms with Crippen LogP contribution >= 0.6 is 0 Å². The lowest BCUT2D eigenvalue weighted by molar-refractivity contribution is -0.130. The standard InChI is InChI=1S/C23H18O3/c1-15-7-8-17-12-19(10-9-16(17)11-15)22-14-20(23(24)26-22)13-18-5-3-4-6-21(18)25-2/h3-14H,1-2H3/b20-13-. The minimum Gasteiger partial charge on any atom is -0.496 e. The number of carbonyl (C=O) groups is 1. The summed E-state index contributed by atoms with van der Waals surface area (Å²) in [7, 11) is 1.61. The van der Waals surface area contributed by atoms with Gasteiger partial charge in [0.25, 0.3) is 0 Å². The summed E-state index contributed by atoms with van der Waals surface area (Å²) in [4.78, 5) is 12.3. The van der Waals surface area contributed by atoms with Crippen LogP contribution in [0, 0.1) is 6.92 Å². The Morgan fingerprint density at radius 1 is 0.962 bits per heavy atom. The number of carbonyl (C=O) groups excluding carboxylic acids is 1. The van der Waals surface area contributed by atoms with Crippen molar-refractivity contribution < 1.29 is 14.3 Å². The fraction of sp³-hybridized carbons (Fsp3) is 0.0870. The normalized spacial score (nSPS) is 15.2. The number of fused-ring (bicyclic) bond motifs is 1. The van der Waals surface area contributed by atoms with Gasteiger partial charge in [-0.25, -0.2) is 4.79 Å². The third kappa shape index (κ3) is 3.00. The highest BCUT2D eigenvalue weighted by atomic mass is 16.5. The summed E-state index contributed by atoms with van der Waals surface area (Å²) in [5.74, 6) is 0.934. The van der Waals surface area contributed by atoms with E-state index in [0.717, 1.165) is 22.3 Å². The van der Waals surface area contributed by atoms with Gasteiger partial charge < -0.3 is 9.47 Å². The minimum atomic E-state index is -0.352. The molecule has 0 aromatic heterocycles. The molecule has 0 radical (unpaired) electrons. The Labute approximate surface area is 152 Å². The van der Waals surface area contributed by atoms with Crippen LogP contribution in [0.15, 0.2) is 72.3 Å². The molecule has 0 unspecified atom stereocenters. The van der Waals surface area contributed by atoms with Crippen LogP contribution in [-0.4, -0.2) is 13.1 Å². The molecule has 1 heterocycles. The number of para-hydroxylation sites is 1. The maximum Gasteiger partial charge on any atom is 0.343 e. The number of benzene rings is 3. The summed E-state index contributed by atoms with van der Waals surface area (Å²) in [6.07, 6.45) is 3.57. The van der Waals surface area contributed by atoms with E-state index >= 15 is 0 Å². The summed E-state index contributed by atoms with van der Waals surface area (Å²) < 4.78 is 10.8. The number of cyclic esters (lactones) is 1. The number of esters is 1. The highest BCUT2D eigenvalue weighted by molar-refractivity contribution is 6.05. The van der Waals surface area contributed by atoms with Crippen LogP contribution in [0.25, 0.3) is 22.6 Å². The van der Waals surface area contributed by atoms with Gasteiger partial charge in [0.05, 0.1) is 12.7 Å². The summed E-state index contributed by atoms with van der Waals surface area (Å²) >= 11 is 0. The predicted molar refractivity (Wildman–Crippen MR) is 104 cm³/mol. The third-order valence-corrected chi connectivity index (χ3v) is 4.46. The van der Waals surface area contributed by atoms with Gasteiger partial charge >= 0.3 is 5.97 Å². The number of methoxy groups -OCH3 is 1. The summed E-state index contributed by atoms with van der Waals surface area (Å²) in [5.41, 5.74) is 3.46. The zero-order chi connectivity index (χ0) is 18.1. The molecule has 0 bridgehead atoms. The van der Waals surface area contributed by atoms with Crippen molar-refractivity contribution in [1.29, 1.82) is 0 Å². The SMILES string of the molecule is COc1ccccc1/C=C1/C=C(c2ccc3cc(C)ccc3c2)OC1=O. The molecule has 1 aliphatic heterocycles. The maximum atomic E-state index is 12.3. The lowest BCUT2D eigenvalue weighted by Crippen LogP contribution is -1.97. The fourth-order valence-electron chi connectivity index (χ4n) is 3.10. The Morgan fingerprint density at radius 3 is 2.58 bits per heavy atom. The number of rotatable bonds is 3. The lowest BCUT2D eigenvalue weighted by atomic mass is 10.0. The van der Waals surface area contributed by atoms with Gasteiger partial charge in [-0.2, -0.15) is 0 Å². The van der Waals surface area contributed by atoms with Crippen LogP contribution in [-0.2, 0) is 9.53 Å². The molecule has 0 amide bonds. The van der Waals surface area contributed by atoms with Crippen molar-refractivity contribution in [3.63, 3.8) is 0 Å². The summed E-state index contributed by atoms with van der Waals surface area (Å²) in [5, 5.41) is 2.29. The Hall–Kier alpha value is -3.33. The number of aryl methyl sites for hydroxylation is 1. The summed E-state index contributed by atoms with van der Waals surface area (Å²) in [6, 6.07) is 19.9. The van der Waals surface area contributed by atoms with Gasteiger partial charge in [0.1, 0.15) is 11.5 Å². The molecule has 0 aliphatic carbocycles. The van der Waals surface area contributed by atoms with E-state index < -0.39 is 0 Å². The first-order valence-electron chi connectivity index (χ1n) is 8.43. The van der Waals surface area contributed by atoms with Crippen molar-refractivity contribution >= 4 is 28.6 Å². The van der Waals surface area contributed by atoms with Crippen LogP contribution in [0.3, 0.4) is 0 Å². The van der Waals surface area contributed by atoms with E-state index in [1.54, 1.807) is 19.3 Å². The highest BCUT2D eigenvalue weighted by Crippen LogP contribution is 2.31. The first-order valence-corrected chi connectivity index (χ1v) is 8.43. The number of hydrogen-bond donors (Lipinski definition) is 0. The highest BCUT2D eigenvalue weighted by Gasteiger charge is 2.22. The van der Waals surface area contributed by atoms with Crippen molar-refractivity contribution in [2.45, 2.75) is 6.92 Å². The van der Waals surface area contributed by atoms with Crippen LogP contribution in [0.4, 0.5) is 0 Å². The van der Waals surface area contributed by atoms with E-state index in [1.807, 2.05) is 42.5 Å². The minimum absolute atomic E-state index is 0.352. The second-order valence-corrected chi connectivity index (χ2v) is 6.31. The van der Waals surface area contributed by atoms with Gasteiger partial charge in [-0.3, -0.25) is 0 Å².